The van der Waals surface area contributed by atoms with Gasteiger partial charge in [-0.1, -0.05) is 23.7 Å². The monoisotopic (exact) mass is 187 g/mol. The van der Waals surface area contributed by atoms with Crippen molar-refractivity contribution in [3.8, 4) is 0 Å². The van der Waals surface area contributed by atoms with Crippen LogP contribution < -0.4 is 5.73 Å². The Kier molecular flexibility index (Phi) is 3.50. The van der Waals surface area contributed by atoms with E-state index in [9.17, 15) is 4.39 Å². The molecular formula is C9H11ClFN. The zero-order chi connectivity index (χ0) is 8.97. The number of nitrogens with two attached hydrogens (primary N) is 1. The molecule has 1 aromatic rings. The van der Waals surface area contributed by atoms with Gasteiger partial charge in [-0.3, -0.25) is 0 Å². The lowest BCUT2D eigenvalue weighted by Crippen LogP contribution is -2.24. The van der Waals surface area contributed by atoms with Gasteiger partial charge in [0.05, 0.1) is 0 Å². The lowest BCUT2D eigenvalue weighted by Gasteiger charge is -2.06. The van der Waals surface area contributed by atoms with Crippen LogP contribution in [0.4, 0.5) is 4.39 Å². The van der Waals surface area contributed by atoms with Crippen molar-refractivity contribution in [1.82, 2.24) is 0 Å². The molecule has 3 heteroatoms. The first-order valence-corrected chi connectivity index (χ1v) is 4.16. The highest BCUT2D eigenvalue weighted by atomic mass is 35.5. The quantitative estimate of drug-likeness (QED) is 0.772. The van der Waals surface area contributed by atoms with Gasteiger partial charge >= 0.3 is 0 Å². The van der Waals surface area contributed by atoms with E-state index in [-0.39, 0.29) is 0 Å². The van der Waals surface area contributed by atoms with Crippen molar-refractivity contribution >= 4 is 11.6 Å². The van der Waals surface area contributed by atoms with E-state index in [4.69, 9.17) is 17.3 Å². The Morgan fingerprint density at radius 1 is 1.50 bits per heavy atom. The second-order valence-corrected chi connectivity index (χ2v) is 3.18. The van der Waals surface area contributed by atoms with Crippen LogP contribution in [0.25, 0.3) is 0 Å². The molecule has 0 saturated heterocycles. The van der Waals surface area contributed by atoms with Crippen molar-refractivity contribution in [2.24, 2.45) is 5.73 Å². The van der Waals surface area contributed by atoms with Gasteiger partial charge in [0.15, 0.2) is 0 Å². The lowest BCUT2D eigenvalue weighted by atomic mass is 10.1. The van der Waals surface area contributed by atoms with Gasteiger partial charge in [0.2, 0.25) is 0 Å². The van der Waals surface area contributed by atoms with Crippen molar-refractivity contribution in [2.75, 3.05) is 6.67 Å². The molecule has 0 heterocycles. The molecule has 0 aromatic heterocycles. The Morgan fingerprint density at radius 3 is 2.83 bits per heavy atom. The fraction of sp³-hybridized carbons (Fsp3) is 0.333. The second-order valence-electron chi connectivity index (χ2n) is 2.75. The Balaban J connectivity index is 2.63. The summed E-state index contributed by atoms with van der Waals surface area (Å²) in [7, 11) is 0. The molecule has 1 nitrogen and oxygen atoms in total. The maximum atomic E-state index is 12.0. The van der Waals surface area contributed by atoms with Crippen molar-refractivity contribution in [3.05, 3.63) is 34.9 Å². The first-order chi connectivity index (χ1) is 5.72. The van der Waals surface area contributed by atoms with Crippen molar-refractivity contribution in [2.45, 2.75) is 12.5 Å². The highest BCUT2D eigenvalue weighted by molar-refractivity contribution is 6.30. The van der Waals surface area contributed by atoms with Crippen molar-refractivity contribution in [1.29, 1.82) is 0 Å². The molecule has 0 spiro atoms. The van der Waals surface area contributed by atoms with Gasteiger partial charge in [0.1, 0.15) is 6.67 Å². The number of rotatable bonds is 3. The van der Waals surface area contributed by atoms with Crippen LogP contribution in [0.2, 0.25) is 5.02 Å². The van der Waals surface area contributed by atoms with Gasteiger partial charge < -0.3 is 5.73 Å². The molecule has 0 bridgehead atoms. The summed E-state index contributed by atoms with van der Waals surface area (Å²) in [5.74, 6) is 0. The summed E-state index contributed by atoms with van der Waals surface area (Å²) < 4.78 is 12.0. The molecular weight excluding hydrogens is 177 g/mol. The Hall–Kier alpha value is -0.600. The minimum Gasteiger partial charge on any atom is -0.325 e. The SMILES string of the molecule is NC(CF)Cc1cccc(Cl)c1. The lowest BCUT2D eigenvalue weighted by molar-refractivity contribution is 0.427. The summed E-state index contributed by atoms with van der Waals surface area (Å²) in [5.41, 5.74) is 6.42. The summed E-state index contributed by atoms with van der Waals surface area (Å²) in [5, 5.41) is 0.665. The Morgan fingerprint density at radius 2 is 2.25 bits per heavy atom. The second kappa shape index (κ2) is 4.43. The molecule has 0 fully saturated rings. The van der Waals surface area contributed by atoms with Crippen molar-refractivity contribution in [3.63, 3.8) is 0 Å². The van der Waals surface area contributed by atoms with Crippen LogP contribution in [-0.2, 0) is 6.42 Å². The third-order valence-corrected chi connectivity index (χ3v) is 1.82. The van der Waals surface area contributed by atoms with E-state index in [0.29, 0.717) is 11.4 Å². The molecule has 1 atom stereocenters. The van der Waals surface area contributed by atoms with Crippen molar-refractivity contribution < 1.29 is 4.39 Å². The van der Waals surface area contributed by atoms with E-state index in [1.807, 2.05) is 12.1 Å². The molecule has 0 aliphatic rings. The van der Waals surface area contributed by atoms with Gasteiger partial charge in [-0.2, -0.15) is 0 Å². The van der Waals surface area contributed by atoms with Gasteiger partial charge in [0, 0.05) is 11.1 Å². The van der Waals surface area contributed by atoms with Crippen LogP contribution in [0.3, 0.4) is 0 Å². The number of hydrogen-bond acceptors (Lipinski definition) is 1. The molecule has 0 amide bonds. The average Bonchev–Trinajstić information content (AvgIpc) is 2.04. The Bertz CT molecular complexity index is 252. The molecule has 0 saturated carbocycles. The molecule has 0 aliphatic carbocycles. The van der Waals surface area contributed by atoms with Crippen LogP contribution in [0, 0.1) is 0 Å². The molecule has 0 radical (unpaired) electrons. The zero-order valence-corrected chi connectivity index (χ0v) is 7.39. The summed E-state index contributed by atoms with van der Waals surface area (Å²) in [6.45, 7) is -0.494. The summed E-state index contributed by atoms with van der Waals surface area (Å²) in [6, 6.07) is 6.90. The number of hydrogen-bond donors (Lipinski definition) is 1. The fourth-order valence-electron chi connectivity index (χ4n) is 1.02. The van der Waals surface area contributed by atoms with E-state index < -0.39 is 12.7 Å². The number of alkyl halides is 1. The summed E-state index contributed by atoms with van der Waals surface area (Å²) >= 11 is 5.74. The van der Waals surface area contributed by atoms with E-state index in [2.05, 4.69) is 0 Å². The summed E-state index contributed by atoms with van der Waals surface area (Å²) in [4.78, 5) is 0. The van der Waals surface area contributed by atoms with Crippen LogP contribution in [0.15, 0.2) is 24.3 Å². The molecule has 12 heavy (non-hydrogen) atoms. The van der Waals surface area contributed by atoms with E-state index >= 15 is 0 Å². The molecule has 2 N–H and O–H groups in total. The first-order valence-electron chi connectivity index (χ1n) is 3.78. The minimum atomic E-state index is -0.494. The van der Waals surface area contributed by atoms with Gasteiger partial charge in [-0.25, -0.2) is 4.39 Å². The maximum absolute atomic E-state index is 12.0. The van der Waals surface area contributed by atoms with E-state index in [1.165, 1.54) is 0 Å². The van der Waals surface area contributed by atoms with Crippen LogP contribution in [0.5, 0.6) is 0 Å². The van der Waals surface area contributed by atoms with Gasteiger partial charge in [-0.05, 0) is 24.1 Å². The topological polar surface area (TPSA) is 26.0 Å². The van der Waals surface area contributed by atoms with E-state index in [0.717, 1.165) is 5.56 Å². The predicted octanol–water partition coefficient (Wildman–Crippen LogP) is 2.18. The minimum absolute atomic E-state index is 0.413. The average molecular weight is 188 g/mol. The third kappa shape index (κ3) is 2.80. The standard InChI is InChI=1S/C9H11ClFN/c10-8-3-1-2-7(4-8)5-9(12)6-11/h1-4,9H,5-6,12H2. The molecule has 66 valence electrons. The molecule has 1 unspecified atom stereocenters. The third-order valence-electron chi connectivity index (χ3n) is 1.59. The van der Waals surface area contributed by atoms with Crippen LogP contribution >= 0.6 is 11.6 Å². The normalized spacial score (nSPS) is 12.9. The van der Waals surface area contributed by atoms with Gasteiger partial charge in [-0.15, -0.1) is 0 Å². The fourth-order valence-corrected chi connectivity index (χ4v) is 1.23. The Labute approximate surface area is 76.3 Å². The summed E-state index contributed by atoms with van der Waals surface area (Å²) in [6.07, 6.45) is 0.539. The highest BCUT2D eigenvalue weighted by Crippen LogP contribution is 2.11. The maximum Gasteiger partial charge on any atom is 0.105 e. The first kappa shape index (κ1) is 9.49. The number of benzene rings is 1. The predicted molar refractivity (Wildman–Crippen MR) is 49.1 cm³/mol. The molecule has 0 aliphatic heterocycles. The molecule has 1 aromatic carbocycles. The largest absolute Gasteiger partial charge is 0.325 e. The zero-order valence-electron chi connectivity index (χ0n) is 6.63. The van der Waals surface area contributed by atoms with Crippen LogP contribution in [-0.4, -0.2) is 12.7 Å². The number of halogens is 2. The van der Waals surface area contributed by atoms with Gasteiger partial charge in [0.25, 0.3) is 0 Å². The molecule has 1 rings (SSSR count). The van der Waals surface area contributed by atoms with E-state index in [1.54, 1.807) is 12.1 Å². The van der Waals surface area contributed by atoms with Crippen LogP contribution in [0.1, 0.15) is 5.56 Å². The smallest absolute Gasteiger partial charge is 0.105 e. The highest BCUT2D eigenvalue weighted by Gasteiger charge is 2.02.